The molecule has 0 aromatic carbocycles. The number of hydrogen-bond acceptors (Lipinski definition) is 4. The van der Waals surface area contributed by atoms with Crippen LogP contribution in [0.5, 0.6) is 0 Å². The van der Waals surface area contributed by atoms with E-state index in [1.165, 1.54) is 17.1 Å². The maximum atomic E-state index is 12.1. The lowest BCUT2D eigenvalue weighted by atomic mass is 10.2. The summed E-state index contributed by atoms with van der Waals surface area (Å²) in [6, 6.07) is 4.04. The van der Waals surface area contributed by atoms with Crippen LogP contribution in [0, 0.1) is 0 Å². The Labute approximate surface area is 113 Å². The zero-order valence-electron chi connectivity index (χ0n) is 10.4. The number of pyridine rings is 1. The van der Waals surface area contributed by atoms with Crippen LogP contribution in [0.2, 0.25) is 0 Å². The van der Waals surface area contributed by atoms with Gasteiger partial charge < -0.3 is 11.1 Å². The molecule has 0 saturated carbocycles. The number of rotatable bonds is 5. The number of hydrogen-bond donors (Lipinski definition) is 2. The molecule has 2 heterocycles. The summed E-state index contributed by atoms with van der Waals surface area (Å²) in [4.78, 5) is 15.7. The van der Waals surface area contributed by atoms with Crippen LogP contribution in [-0.2, 0) is 4.79 Å². The van der Waals surface area contributed by atoms with Crippen LogP contribution >= 0.6 is 0 Å². The number of amides is 1. The quantitative estimate of drug-likeness (QED) is 0.862. The van der Waals surface area contributed by atoms with Crippen LogP contribution in [0.1, 0.15) is 6.42 Å². The number of carbonyl (C=O) groups excluding carboxylic acids is 1. The number of aromatic nitrogens is 3. The third-order valence-corrected chi connectivity index (χ3v) is 2.50. The fraction of sp³-hybridized carbons (Fsp3) is 0.250. The largest absolute Gasteiger partial charge is 0.322 e. The molecule has 0 aliphatic heterocycles. The SMILES string of the molecule is NC(CC(F)F)C(=O)Nc1cnn(-c2ccccn2)c1. The highest BCUT2D eigenvalue weighted by Gasteiger charge is 2.19. The molecule has 1 amide bonds. The molecule has 2 aromatic heterocycles. The molecule has 106 valence electrons. The monoisotopic (exact) mass is 281 g/mol. The molecule has 8 heteroatoms. The van der Waals surface area contributed by atoms with Crippen molar-refractivity contribution < 1.29 is 13.6 Å². The summed E-state index contributed by atoms with van der Waals surface area (Å²) in [5, 5.41) is 6.44. The number of halogens is 2. The molecule has 1 unspecified atom stereocenters. The van der Waals surface area contributed by atoms with Crippen molar-refractivity contribution in [2.75, 3.05) is 5.32 Å². The van der Waals surface area contributed by atoms with Gasteiger partial charge in [0.2, 0.25) is 12.3 Å². The Morgan fingerprint density at radius 3 is 2.90 bits per heavy atom. The topological polar surface area (TPSA) is 85.8 Å². The van der Waals surface area contributed by atoms with E-state index in [2.05, 4.69) is 15.4 Å². The first-order valence-corrected chi connectivity index (χ1v) is 5.87. The van der Waals surface area contributed by atoms with Crippen LogP contribution in [0.3, 0.4) is 0 Å². The summed E-state index contributed by atoms with van der Waals surface area (Å²) >= 11 is 0. The average Bonchev–Trinajstić information content (AvgIpc) is 2.87. The first-order valence-electron chi connectivity index (χ1n) is 5.87. The van der Waals surface area contributed by atoms with Gasteiger partial charge in [-0.25, -0.2) is 18.4 Å². The van der Waals surface area contributed by atoms with Crippen LogP contribution in [0.25, 0.3) is 5.82 Å². The lowest BCUT2D eigenvalue weighted by Crippen LogP contribution is -2.37. The predicted molar refractivity (Wildman–Crippen MR) is 68.6 cm³/mol. The van der Waals surface area contributed by atoms with Crippen molar-refractivity contribution in [3.05, 3.63) is 36.8 Å². The van der Waals surface area contributed by atoms with E-state index in [0.29, 0.717) is 11.5 Å². The molecule has 6 nitrogen and oxygen atoms in total. The van der Waals surface area contributed by atoms with Gasteiger partial charge in [0.25, 0.3) is 0 Å². The zero-order chi connectivity index (χ0) is 14.5. The van der Waals surface area contributed by atoms with E-state index in [-0.39, 0.29) is 0 Å². The fourth-order valence-electron chi connectivity index (χ4n) is 1.54. The lowest BCUT2D eigenvalue weighted by molar-refractivity contribution is -0.118. The van der Waals surface area contributed by atoms with Crippen LogP contribution in [-0.4, -0.2) is 33.1 Å². The second-order valence-electron chi connectivity index (χ2n) is 4.08. The van der Waals surface area contributed by atoms with E-state index in [9.17, 15) is 13.6 Å². The highest BCUT2D eigenvalue weighted by molar-refractivity contribution is 5.94. The minimum absolute atomic E-state index is 0.366. The molecule has 3 N–H and O–H groups in total. The molecule has 0 aliphatic carbocycles. The molecule has 20 heavy (non-hydrogen) atoms. The third kappa shape index (κ3) is 3.58. The van der Waals surface area contributed by atoms with Crippen molar-refractivity contribution in [1.29, 1.82) is 0 Å². The van der Waals surface area contributed by atoms with Gasteiger partial charge in [-0.15, -0.1) is 0 Å². The molecule has 0 aliphatic rings. The van der Waals surface area contributed by atoms with Crippen molar-refractivity contribution in [3.8, 4) is 5.82 Å². The molecule has 2 rings (SSSR count). The fourth-order valence-corrected chi connectivity index (χ4v) is 1.54. The maximum absolute atomic E-state index is 12.1. The van der Waals surface area contributed by atoms with Crippen LogP contribution in [0.4, 0.5) is 14.5 Å². The molecule has 0 bridgehead atoms. The molecular weight excluding hydrogens is 268 g/mol. The Morgan fingerprint density at radius 2 is 2.25 bits per heavy atom. The van der Waals surface area contributed by atoms with Crippen molar-refractivity contribution in [3.63, 3.8) is 0 Å². The van der Waals surface area contributed by atoms with Gasteiger partial charge in [0.05, 0.1) is 24.1 Å². The smallest absolute Gasteiger partial charge is 0.241 e. The van der Waals surface area contributed by atoms with Gasteiger partial charge in [0.15, 0.2) is 5.82 Å². The third-order valence-electron chi connectivity index (χ3n) is 2.50. The van der Waals surface area contributed by atoms with E-state index in [1.807, 2.05) is 0 Å². The van der Waals surface area contributed by atoms with Gasteiger partial charge in [0, 0.05) is 12.6 Å². The molecule has 0 fully saturated rings. The maximum Gasteiger partial charge on any atom is 0.241 e. The Bertz CT molecular complexity index is 572. The molecule has 0 radical (unpaired) electrons. The number of alkyl halides is 2. The van der Waals surface area contributed by atoms with E-state index in [0.717, 1.165) is 0 Å². The number of nitrogens with zero attached hydrogens (tertiary/aromatic N) is 3. The molecule has 2 aromatic rings. The minimum Gasteiger partial charge on any atom is -0.322 e. The predicted octanol–water partition coefficient (Wildman–Crippen LogP) is 1.19. The molecule has 0 spiro atoms. The summed E-state index contributed by atoms with van der Waals surface area (Å²) in [7, 11) is 0. The number of anilines is 1. The van der Waals surface area contributed by atoms with Gasteiger partial charge in [-0.1, -0.05) is 6.07 Å². The number of nitrogens with one attached hydrogen (secondary N) is 1. The van der Waals surface area contributed by atoms with Gasteiger partial charge in [-0.05, 0) is 12.1 Å². The standard InChI is InChI=1S/C12H13F2N5O/c13-10(14)5-9(15)12(20)18-8-6-17-19(7-8)11-3-1-2-4-16-11/h1-4,6-7,9-10H,5,15H2,(H,18,20). The van der Waals surface area contributed by atoms with Gasteiger partial charge in [-0.3, -0.25) is 4.79 Å². The van der Waals surface area contributed by atoms with Gasteiger partial charge >= 0.3 is 0 Å². The summed E-state index contributed by atoms with van der Waals surface area (Å²) in [5.74, 6) is -0.101. The molecule has 0 saturated heterocycles. The van der Waals surface area contributed by atoms with Crippen molar-refractivity contribution in [1.82, 2.24) is 14.8 Å². The Morgan fingerprint density at radius 1 is 1.45 bits per heavy atom. The van der Waals surface area contributed by atoms with Crippen LogP contribution < -0.4 is 11.1 Å². The molecule has 1 atom stereocenters. The first kappa shape index (κ1) is 14.1. The Kier molecular flexibility index (Phi) is 4.36. The highest BCUT2D eigenvalue weighted by Crippen LogP contribution is 2.10. The summed E-state index contributed by atoms with van der Waals surface area (Å²) in [5.41, 5.74) is 5.72. The van der Waals surface area contributed by atoms with E-state index >= 15 is 0 Å². The number of carbonyl (C=O) groups is 1. The second kappa shape index (κ2) is 6.20. The van der Waals surface area contributed by atoms with E-state index in [1.54, 1.807) is 24.4 Å². The number of nitrogens with two attached hydrogens (primary N) is 1. The molecular formula is C12H13F2N5O. The van der Waals surface area contributed by atoms with E-state index < -0.39 is 24.8 Å². The van der Waals surface area contributed by atoms with Gasteiger partial charge in [-0.2, -0.15) is 5.10 Å². The van der Waals surface area contributed by atoms with Crippen LogP contribution in [0.15, 0.2) is 36.8 Å². The van der Waals surface area contributed by atoms with Crippen molar-refractivity contribution >= 4 is 11.6 Å². The Balaban J connectivity index is 2.01. The zero-order valence-corrected chi connectivity index (χ0v) is 10.4. The lowest BCUT2D eigenvalue weighted by Gasteiger charge is -2.09. The summed E-state index contributed by atoms with van der Waals surface area (Å²) in [6.07, 6.45) is 1.22. The van der Waals surface area contributed by atoms with Gasteiger partial charge in [0.1, 0.15) is 0 Å². The highest BCUT2D eigenvalue weighted by atomic mass is 19.3. The minimum atomic E-state index is -2.62. The normalized spacial score (nSPS) is 12.4. The average molecular weight is 281 g/mol. The van der Waals surface area contributed by atoms with Crippen molar-refractivity contribution in [2.24, 2.45) is 5.73 Å². The van der Waals surface area contributed by atoms with E-state index in [4.69, 9.17) is 5.73 Å². The summed E-state index contributed by atoms with van der Waals surface area (Å²) < 4.78 is 25.7. The summed E-state index contributed by atoms with van der Waals surface area (Å²) in [6.45, 7) is 0. The first-order chi connectivity index (χ1) is 9.56. The second-order valence-corrected chi connectivity index (χ2v) is 4.08. The Hall–Kier alpha value is -2.35. The van der Waals surface area contributed by atoms with Crippen molar-refractivity contribution in [2.45, 2.75) is 18.9 Å².